The maximum Gasteiger partial charge on any atom is 0.229 e. The van der Waals surface area contributed by atoms with E-state index in [4.69, 9.17) is 5.73 Å². The normalized spacial score (nSPS) is 13.2. The van der Waals surface area contributed by atoms with Gasteiger partial charge in [-0.3, -0.25) is 4.72 Å². The molecule has 0 saturated heterocycles. The summed E-state index contributed by atoms with van der Waals surface area (Å²) in [5.74, 6) is 0. The third-order valence-corrected chi connectivity index (χ3v) is 2.57. The topological polar surface area (TPSA) is 84.2 Å². The standard InChI is InChI=1S/C10H17N3O2S/c1-8(7-11)12-9-5-3-4-6-10(9)13-16(2,14)15/h3-6,8,12-13H,7,11H2,1-2H3. The molecule has 0 aromatic heterocycles. The lowest BCUT2D eigenvalue weighted by Gasteiger charge is -2.16. The van der Waals surface area contributed by atoms with Gasteiger partial charge in [0.15, 0.2) is 0 Å². The molecule has 16 heavy (non-hydrogen) atoms. The predicted molar refractivity (Wildman–Crippen MR) is 67.0 cm³/mol. The quantitative estimate of drug-likeness (QED) is 0.714. The molecule has 1 rings (SSSR count). The molecule has 5 nitrogen and oxygen atoms in total. The fourth-order valence-corrected chi connectivity index (χ4v) is 1.80. The molecule has 0 fully saturated rings. The van der Waals surface area contributed by atoms with Gasteiger partial charge in [-0.15, -0.1) is 0 Å². The molecule has 1 atom stereocenters. The first-order chi connectivity index (χ1) is 7.42. The minimum absolute atomic E-state index is 0.0857. The van der Waals surface area contributed by atoms with Crippen LogP contribution in [0.5, 0.6) is 0 Å². The fourth-order valence-electron chi connectivity index (χ4n) is 1.22. The maximum atomic E-state index is 11.1. The molecule has 0 aliphatic heterocycles. The Labute approximate surface area is 96.1 Å². The molecule has 6 heteroatoms. The Kier molecular flexibility index (Phi) is 4.14. The number of sulfonamides is 1. The number of benzene rings is 1. The average Bonchev–Trinajstić information content (AvgIpc) is 2.18. The molecule has 4 N–H and O–H groups in total. The van der Waals surface area contributed by atoms with Crippen molar-refractivity contribution < 1.29 is 8.42 Å². The molecule has 0 saturated carbocycles. The summed E-state index contributed by atoms with van der Waals surface area (Å²) in [7, 11) is -3.26. The first kappa shape index (κ1) is 12.8. The zero-order valence-electron chi connectivity index (χ0n) is 9.40. The van der Waals surface area contributed by atoms with Crippen molar-refractivity contribution in [3.05, 3.63) is 24.3 Å². The summed E-state index contributed by atoms with van der Waals surface area (Å²) in [5, 5.41) is 3.13. The number of para-hydroxylation sites is 2. The summed E-state index contributed by atoms with van der Waals surface area (Å²) in [6, 6.07) is 7.19. The summed E-state index contributed by atoms with van der Waals surface area (Å²) < 4.78 is 24.7. The first-order valence-corrected chi connectivity index (χ1v) is 6.85. The molecule has 0 amide bonds. The number of nitrogens with one attached hydrogen (secondary N) is 2. The van der Waals surface area contributed by atoms with Gasteiger partial charge in [0, 0.05) is 12.6 Å². The molecule has 90 valence electrons. The molecule has 0 radical (unpaired) electrons. The average molecular weight is 243 g/mol. The fraction of sp³-hybridized carbons (Fsp3) is 0.400. The molecule has 1 aromatic rings. The monoisotopic (exact) mass is 243 g/mol. The second-order valence-corrected chi connectivity index (χ2v) is 5.45. The molecule has 0 aliphatic carbocycles. The maximum absolute atomic E-state index is 11.1. The Morgan fingerprint density at radius 2 is 1.88 bits per heavy atom. The molecule has 0 aliphatic rings. The van der Waals surface area contributed by atoms with E-state index >= 15 is 0 Å². The number of hydrogen-bond donors (Lipinski definition) is 3. The molecule has 1 aromatic carbocycles. The summed E-state index contributed by atoms with van der Waals surface area (Å²) in [6.45, 7) is 2.41. The van der Waals surface area contributed by atoms with Crippen LogP contribution in [-0.4, -0.2) is 27.3 Å². The van der Waals surface area contributed by atoms with Crippen molar-refractivity contribution in [3.63, 3.8) is 0 Å². The summed E-state index contributed by atoms with van der Waals surface area (Å²) in [6.07, 6.45) is 1.12. The molecular weight excluding hydrogens is 226 g/mol. The minimum atomic E-state index is -3.26. The molecule has 0 bridgehead atoms. The second kappa shape index (κ2) is 5.18. The number of hydrogen-bond acceptors (Lipinski definition) is 4. The zero-order chi connectivity index (χ0) is 12.2. The molecule has 0 heterocycles. The van der Waals surface area contributed by atoms with Gasteiger partial charge in [-0.2, -0.15) is 0 Å². The van der Waals surface area contributed by atoms with Crippen molar-refractivity contribution in [3.8, 4) is 0 Å². The number of nitrogens with two attached hydrogens (primary N) is 1. The van der Waals surface area contributed by atoms with Crippen molar-refractivity contribution in [1.29, 1.82) is 0 Å². The van der Waals surface area contributed by atoms with Crippen LogP contribution in [0.25, 0.3) is 0 Å². The Hall–Kier alpha value is -1.27. The van der Waals surface area contributed by atoms with E-state index in [2.05, 4.69) is 10.0 Å². The van der Waals surface area contributed by atoms with Gasteiger partial charge in [0.1, 0.15) is 0 Å². The van der Waals surface area contributed by atoms with E-state index in [1.165, 1.54) is 0 Å². The van der Waals surface area contributed by atoms with Gasteiger partial charge in [0.25, 0.3) is 0 Å². The Balaban J connectivity index is 2.92. The SMILES string of the molecule is CC(CN)Nc1ccccc1NS(C)(=O)=O. The van der Waals surface area contributed by atoms with Gasteiger partial charge >= 0.3 is 0 Å². The van der Waals surface area contributed by atoms with Gasteiger partial charge in [0.2, 0.25) is 10.0 Å². The van der Waals surface area contributed by atoms with E-state index in [9.17, 15) is 8.42 Å². The first-order valence-electron chi connectivity index (χ1n) is 4.96. The van der Waals surface area contributed by atoms with Crippen molar-refractivity contribution in [2.45, 2.75) is 13.0 Å². The Morgan fingerprint density at radius 1 is 1.31 bits per heavy atom. The van der Waals surface area contributed by atoms with E-state index in [0.717, 1.165) is 11.9 Å². The Bertz CT molecular complexity index is 445. The minimum Gasteiger partial charge on any atom is -0.380 e. The van der Waals surface area contributed by atoms with Crippen LogP contribution < -0.4 is 15.8 Å². The second-order valence-electron chi connectivity index (χ2n) is 3.70. The van der Waals surface area contributed by atoms with Gasteiger partial charge in [-0.1, -0.05) is 12.1 Å². The van der Waals surface area contributed by atoms with Gasteiger partial charge in [-0.25, -0.2) is 8.42 Å². The van der Waals surface area contributed by atoms with Crippen LogP contribution in [0.3, 0.4) is 0 Å². The van der Waals surface area contributed by atoms with Crippen LogP contribution in [0.1, 0.15) is 6.92 Å². The van der Waals surface area contributed by atoms with E-state index in [-0.39, 0.29) is 6.04 Å². The molecule has 0 spiro atoms. The van der Waals surface area contributed by atoms with Crippen LogP contribution in [0.15, 0.2) is 24.3 Å². The predicted octanol–water partition coefficient (Wildman–Crippen LogP) is 0.817. The number of rotatable bonds is 5. The van der Waals surface area contributed by atoms with Crippen molar-refractivity contribution >= 4 is 21.4 Å². The highest BCUT2D eigenvalue weighted by atomic mass is 32.2. The number of anilines is 2. The van der Waals surface area contributed by atoms with Gasteiger partial charge in [-0.05, 0) is 19.1 Å². The van der Waals surface area contributed by atoms with Crippen molar-refractivity contribution in [2.24, 2.45) is 5.73 Å². The Morgan fingerprint density at radius 3 is 2.38 bits per heavy atom. The zero-order valence-corrected chi connectivity index (χ0v) is 10.2. The smallest absolute Gasteiger partial charge is 0.229 e. The van der Waals surface area contributed by atoms with E-state index in [1.54, 1.807) is 18.2 Å². The lowest BCUT2D eigenvalue weighted by atomic mass is 10.2. The van der Waals surface area contributed by atoms with Crippen LogP contribution in [-0.2, 0) is 10.0 Å². The van der Waals surface area contributed by atoms with Crippen LogP contribution in [0.2, 0.25) is 0 Å². The third-order valence-electron chi connectivity index (χ3n) is 1.98. The van der Waals surface area contributed by atoms with Crippen LogP contribution >= 0.6 is 0 Å². The highest BCUT2D eigenvalue weighted by molar-refractivity contribution is 7.92. The van der Waals surface area contributed by atoms with E-state index in [0.29, 0.717) is 12.2 Å². The summed E-state index contributed by atoms with van der Waals surface area (Å²) in [4.78, 5) is 0. The van der Waals surface area contributed by atoms with Crippen molar-refractivity contribution in [1.82, 2.24) is 0 Å². The summed E-state index contributed by atoms with van der Waals surface area (Å²) in [5.41, 5.74) is 6.76. The van der Waals surface area contributed by atoms with Crippen LogP contribution in [0.4, 0.5) is 11.4 Å². The highest BCUT2D eigenvalue weighted by Gasteiger charge is 2.08. The molecular formula is C10H17N3O2S. The molecule has 1 unspecified atom stereocenters. The lowest BCUT2D eigenvalue weighted by molar-refractivity contribution is 0.607. The van der Waals surface area contributed by atoms with Gasteiger partial charge < -0.3 is 11.1 Å². The summed E-state index contributed by atoms with van der Waals surface area (Å²) >= 11 is 0. The highest BCUT2D eigenvalue weighted by Crippen LogP contribution is 2.22. The van der Waals surface area contributed by atoms with E-state index in [1.807, 2.05) is 13.0 Å². The third kappa shape index (κ3) is 4.08. The largest absolute Gasteiger partial charge is 0.380 e. The lowest BCUT2D eigenvalue weighted by Crippen LogP contribution is -2.25. The van der Waals surface area contributed by atoms with Crippen LogP contribution in [0, 0.1) is 0 Å². The van der Waals surface area contributed by atoms with Gasteiger partial charge in [0.05, 0.1) is 17.6 Å². The van der Waals surface area contributed by atoms with E-state index < -0.39 is 10.0 Å². The van der Waals surface area contributed by atoms with Crippen molar-refractivity contribution in [2.75, 3.05) is 22.8 Å².